The normalized spacial score (nSPS) is 11.5. The Hall–Kier alpha value is -0.810. The average Bonchev–Trinajstić information content (AvgIpc) is 2.12. The second-order valence-electron chi connectivity index (χ2n) is 2.26. The van der Waals surface area contributed by atoms with Gasteiger partial charge in [-0.2, -0.15) is 0 Å². The molecule has 0 aromatic carbocycles. The van der Waals surface area contributed by atoms with Crippen molar-refractivity contribution < 1.29 is 4.74 Å². The molecule has 0 aromatic heterocycles. The number of hydrogen-bond acceptors (Lipinski definition) is 3. The molecule has 0 aliphatic rings. The van der Waals surface area contributed by atoms with E-state index in [-0.39, 0.29) is 0 Å². The highest BCUT2D eigenvalue weighted by atomic mass is 16.5. The van der Waals surface area contributed by atoms with Gasteiger partial charge in [0, 0.05) is 27.2 Å². The first-order valence-corrected chi connectivity index (χ1v) is 3.97. The molecule has 0 aliphatic carbocycles. The van der Waals surface area contributed by atoms with Crippen LogP contribution in [0.4, 0.5) is 0 Å². The van der Waals surface area contributed by atoms with Crippen LogP contribution in [0.5, 0.6) is 0 Å². The summed E-state index contributed by atoms with van der Waals surface area (Å²) in [6, 6.07) is 0. The van der Waals surface area contributed by atoms with Crippen molar-refractivity contribution in [2.45, 2.75) is 6.92 Å². The van der Waals surface area contributed by atoms with Crippen molar-refractivity contribution in [3.05, 3.63) is 0 Å². The van der Waals surface area contributed by atoms with E-state index in [2.05, 4.69) is 10.4 Å². The molecule has 0 rings (SSSR count). The molecule has 0 heterocycles. The SMILES string of the molecule is CCN(CCOC)C(=NC)NN. The number of rotatable bonds is 4. The van der Waals surface area contributed by atoms with E-state index in [1.807, 2.05) is 11.8 Å². The molecule has 0 aromatic rings. The van der Waals surface area contributed by atoms with Crippen LogP contribution in [0.3, 0.4) is 0 Å². The Morgan fingerprint density at radius 1 is 1.67 bits per heavy atom. The van der Waals surface area contributed by atoms with E-state index in [4.69, 9.17) is 10.6 Å². The van der Waals surface area contributed by atoms with E-state index in [1.165, 1.54) is 0 Å². The van der Waals surface area contributed by atoms with Crippen LogP contribution in [-0.4, -0.2) is 44.7 Å². The number of ether oxygens (including phenoxy) is 1. The quantitative estimate of drug-likeness (QED) is 0.259. The van der Waals surface area contributed by atoms with Crippen LogP contribution in [0.15, 0.2) is 4.99 Å². The summed E-state index contributed by atoms with van der Waals surface area (Å²) in [7, 11) is 3.37. The maximum Gasteiger partial charge on any atom is 0.208 e. The first-order chi connectivity index (χ1) is 5.79. The molecule has 5 heteroatoms. The predicted molar refractivity (Wildman–Crippen MR) is 49.8 cm³/mol. The minimum Gasteiger partial charge on any atom is -0.383 e. The van der Waals surface area contributed by atoms with Crippen LogP contribution in [0.1, 0.15) is 6.92 Å². The van der Waals surface area contributed by atoms with Gasteiger partial charge in [-0.1, -0.05) is 0 Å². The average molecular weight is 174 g/mol. The monoisotopic (exact) mass is 174 g/mol. The van der Waals surface area contributed by atoms with Gasteiger partial charge < -0.3 is 9.64 Å². The van der Waals surface area contributed by atoms with Crippen LogP contribution < -0.4 is 11.3 Å². The van der Waals surface area contributed by atoms with Crippen molar-refractivity contribution >= 4 is 5.96 Å². The molecule has 0 fully saturated rings. The molecule has 0 atom stereocenters. The summed E-state index contributed by atoms with van der Waals surface area (Å²) >= 11 is 0. The largest absolute Gasteiger partial charge is 0.383 e. The third-order valence-corrected chi connectivity index (χ3v) is 1.59. The van der Waals surface area contributed by atoms with E-state index < -0.39 is 0 Å². The maximum atomic E-state index is 5.27. The van der Waals surface area contributed by atoms with E-state index in [0.29, 0.717) is 12.6 Å². The van der Waals surface area contributed by atoms with Gasteiger partial charge in [-0.25, -0.2) is 5.84 Å². The topological polar surface area (TPSA) is 62.9 Å². The fraction of sp³-hybridized carbons (Fsp3) is 0.857. The Balaban J connectivity index is 3.94. The molecular weight excluding hydrogens is 156 g/mol. The Morgan fingerprint density at radius 2 is 2.33 bits per heavy atom. The van der Waals surface area contributed by atoms with Crippen molar-refractivity contribution in [1.29, 1.82) is 0 Å². The summed E-state index contributed by atoms with van der Waals surface area (Å²) in [5.74, 6) is 5.96. The van der Waals surface area contributed by atoms with Crippen LogP contribution in [-0.2, 0) is 4.74 Å². The second-order valence-corrected chi connectivity index (χ2v) is 2.26. The number of guanidine groups is 1. The Labute approximate surface area is 73.6 Å². The number of likely N-dealkylation sites (N-methyl/N-ethyl adjacent to an activating group) is 1. The standard InChI is InChI=1S/C7H18N4O/c1-4-11(5-6-12-3)7(9-2)10-8/h4-6,8H2,1-3H3,(H,9,10). The summed E-state index contributed by atoms with van der Waals surface area (Å²) in [5, 5.41) is 0. The van der Waals surface area contributed by atoms with Crippen LogP contribution in [0, 0.1) is 0 Å². The fourth-order valence-corrected chi connectivity index (χ4v) is 0.913. The molecule has 0 spiro atoms. The van der Waals surface area contributed by atoms with E-state index >= 15 is 0 Å². The van der Waals surface area contributed by atoms with Crippen molar-refractivity contribution in [3.63, 3.8) is 0 Å². The van der Waals surface area contributed by atoms with Gasteiger partial charge in [0.2, 0.25) is 5.96 Å². The van der Waals surface area contributed by atoms with Gasteiger partial charge in [0.25, 0.3) is 0 Å². The highest BCUT2D eigenvalue weighted by Gasteiger charge is 2.05. The zero-order chi connectivity index (χ0) is 9.40. The first kappa shape index (κ1) is 11.2. The van der Waals surface area contributed by atoms with Gasteiger partial charge in [0.15, 0.2) is 0 Å². The molecule has 0 aliphatic heterocycles. The Kier molecular flexibility index (Phi) is 6.41. The van der Waals surface area contributed by atoms with E-state index in [9.17, 15) is 0 Å². The molecule has 12 heavy (non-hydrogen) atoms. The van der Waals surface area contributed by atoms with Crippen molar-refractivity contribution in [1.82, 2.24) is 10.3 Å². The van der Waals surface area contributed by atoms with Crippen LogP contribution in [0.25, 0.3) is 0 Å². The molecule has 72 valence electrons. The highest BCUT2D eigenvalue weighted by molar-refractivity contribution is 5.79. The number of nitrogens with two attached hydrogens (primary N) is 1. The molecule has 3 N–H and O–H groups in total. The molecule has 0 radical (unpaired) electrons. The minimum atomic E-state index is 0.675. The van der Waals surface area contributed by atoms with Gasteiger partial charge in [-0.15, -0.1) is 0 Å². The second kappa shape index (κ2) is 6.87. The lowest BCUT2D eigenvalue weighted by Crippen LogP contribution is -2.45. The predicted octanol–water partition coefficient (Wildman–Crippen LogP) is -0.596. The van der Waals surface area contributed by atoms with Crippen molar-refractivity contribution in [2.24, 2.45) is 10.8 Å². The summed E-state index contributed by atoms with van der Waals surface area (Å²) < 4.78 is 4.95. The summed E-state index contributed by atoms with van der Waals surface area (Å²) in [6.07, 6.45) is 0. The first-order valence-electron chi connectivity index (χ1n) is 3.97. The molecule has 5 nitrogen and oxygen atoms in total. The summed E-state index contributed by atoms with van der Waals surface area (Å²) in [6.45, 7) is 4.37. The lowest BCUT2D eigenvalue weighted by molar-refractivity contribution is 0.176. The molecule has 0 bridgehead atoms. The van der Waals surface area contributed by atoms with Crippen LogP contribution in [0.2, 0.25) is 0 Å². The van der Waals surface area contributed by atoms with Gasteiger partial charge in [-0.05, 0) is 6.92 Å². The van der Waals surface area contributed by atoms with Gasteiger partial charge in [0.1, 0.15) is 0 Å². The van der Waals surface area contributed by atoms with Crippen molar-refractivity contribution in [3.8, 4) is 0 Å². The number of nitrogens with zero attached hydrogens (tertiary/aromatic N) is 2. The van der Waals surface area contributed by atoms with Crippen LogP contribution >= 0.6 is 0 Å². The van der Waals surface area contributed by atoms with E-state index in [0.717, 1.165) is 13.1 Å². The number of methoxy groups -OCH3 is 1. The minimum absolute atomic E-state index is 0.675. The smallest absolute Gasteiger partial charge is 0.208 e. The lowest BCUT2D eigenvalue weighted by Gasteiger charge is -2.22. The highest BCUT2D eigenvalue weighted by Crippen LogP contribution is 1.88. The lowest BCUT2D eigenvalue weighted by atomic mass is 10.5. The third kappa shape index (κ3) is 3.54. The zero-order valence-electron chi connectivity index (χ0n) is 8.00. The van der Waals surface area contributed by atoms with Gasteiger partial charge in [-0.3, -0.25) is 10.4 Å². The molecule has 0 unspecified atom stereocenters. The number of hydrogen-bond donors (Lipinski definition) is 2. The molecule has 0 saturated heterocycles. The summed E-state index contributed by atoms with van der Waals surface area (Å²) in [5.41, 5.74) is 2.53. The fourth-order valence-electron chi connectivity index (χ4n) is 0.913. The Morgan fingerprint density at radius 3 is 2.67 bits per heavy atom. The zero-order valence-corrected chi connectivity index (χ0v) is 8.00. The Bertz CT molecular complexity index is 137. The molecular formula is C7H18N4O. The van der Waals surface area contributed by atoms with Gasteiger partial charge >= 0.3 is 0 Å². The maximum absolute atomic E-state index is 5.27. The summed E-state index contributed by atoms with van der Waals surface area (Å²) in [4.78, 5) is 5.98. The molecule has 0 saturated carbocycles. The third-order valence-electron chi connectivity index (χ3n) is 1.59. The number of nitrogens with one attached hydrogen (secondary N) is 1. The van der Waals surface area contributed by atoms with Crippen molar-refractivity contribution in [2.75, 3.05) is 33.9 Å². The number of aliphatic imine (C=N–C) groups is 1. The van der Waals surface area contributed by atoms with Gasteiger partial charge in [0.05, 0.1) is 6.61 Å². The molecule has 0 amide bonds. The number of hydrazine groups is 1. The van der Waals surface area contributed by atoms with E-state index in [1.54, 1.807) is 14.2 Å².